The van der Waals surface area contributed by atoms with E-state index in [-0.39, 0.29) is 17.6 Å². The summed E-state index contributed by atoms with van der Waals surface area (Å²) in [6.07, 6.45) is 3.76. The zero-order chi connectivity index (χ0) is 13.3. The lowest BCUT2D eigenvalue weighted by atomic mass is 9.57. The largest absolute Gasteiger partial charge is 0.390 e. The molecule has 0 aromatic heterocycles. The van der Waals surface area contributed by atoms with Crippen LogP contribution < -0.4 is 0 Å². The fraction of sp³-hybridized carbons (Fsp3) is 1.00. The first kappa shape index (κ1) is 12.9. The molecule has 2 saturated carbocycles. The number of aliphatic hydroxyl groups excluding tert-OH is 1. The van der Waals surface area contributed by atoms with Gasteiger partial charge in [0.25, 0.3) is 0 Å². The van der Waals surface area contributed by atoms with Crippen LogP contribution in [0.25, 0.3) is 0 Å². The van der Waals surface area contributed by atoms with Gasteiger partial charge in [-0.15, -0.1) is 0 Å². The molecule has 18 heavy (non-hydrogen) atoms. The van der Waals surface area contributed by atoms with Crippen LogP contribution >= 0.6 is 0 Å². The van der Waals surface area contributed by atoms with E-state index >= 15 is 0 Å². The summed E-state index contributed by atoms with van der Waals surface area (Å²) in [6, 6.07) is 0. The molecule has 0 bridgehead atoms. The molecule has 3 rings (SSSR count). The number of ether oxygens (including phenoxy) is 1. The fourth-order valence-electron chi connectivity index (χ4n) is 4.53. The van der Waals surface area contributed by atoms with Gasteiger partial charge in [0.05, 0.1) is 12.2 Å². The number of aliphatic hydroxyl groups is 2. The highest BCUT2D eigenvalue weighted by Crippen LogP contribution is 2.63. The Morgan fingerprint density at radius 2 is 1.78 bits per heavy atom. The number of epoxide rings is 1. The summed E-state index contributed by atoms with van der Waals surface area (Å²) in [6.45, 7) is 8.75. The second kappa shape index (κ2) is 3.50. The van der Waals surface area contributed by atoms with Gasteiger partial charge in [0.2, 0.25) is 0 Å². The Hall–Kier alpha value is -0.120. The zero-order valence-electron chi connectivity index (χ0n) is 11.9. The Kier molecular flexibility index (Phi) is 2.51. The van der Waals surface area contributed by atoms with E-state index in [4.69, 9.17) is 4.74 Å². The first-order chi connectivity index (χ1) is 8.20. The van der Waals surface area contributed by atoms with Gasteiger partial charge in [-0.25, -0.2) is 0 Å². The molecule has 6 atom stereocenters. The fourth-order valence-corrected chi connectivity index (χ4v) is 4.53. The minimum absolute atomic E-state index is 0.153. The van der Waals surface area contributed by atoms with E-state index < -0.39 is 11.7 Å². The summed E-state index contributed by atoms with van der Waals surface area (Å²) in [5, 5.41) is 20.5. The predicted molar refractivity (Wildman–Crippen MR) is 69.1 cm³/mol. The van der Waals surface area contributed by atoms with Crippen LogP contribution in [0.1, 0.15) is 53.4 Å². The van der Waals surface area contributed by atoms with Gasteiger partial charge in [-0.05, 0) is 42.9 Å². The Labute approximate surface area is 110 Å². The summed E-state index contributed by atoms with van der Waals surface area (Å²) in [5.74, 6) is 0.384. The summed E-state index contributed by atoms with van der Waals surface area (Å²) in [7, 11) is 0. The van der Waals surface area contributed by atoms with Crippen molar-refractivity contribution in [1.82, 2.24) is 0 Å². The van der Waals surface area contributed by atoms with Crippen molar-refractivity contribution in [3.8, 4) is 0 Å². The van der Waals surface area contributed by atoms with E-state index in [1.807, 2.05) is 0 Å². The van der Waals surface area contributed by atoms with Gasteiger partial charge in [0.1, 0.15) is 11.7 Å². The van der Waals surface area contributed by atoms with E-state index in [0.29, 0.717) is 17.8 Å². The molecular weight excluding hydrogens is 228 g/mol. The molecular formula is C15H26O3. The average molecular weight is 254 g/mol. The van der Waals surface area contributed by atoms with E-state index in [9.17, 15) is 10.2 Å². The third kappa shape index (κ3) is 1.47. The van der Waals surface area contributed by atoms with Gasteiger partial charge in [-0.2, -0.15) is 0 Å². The van der Waals surface area contributed by atoms with Crippen molar-refractivity contribution in [2.24, 2.45) is 16.7 Å². The maximum absolute atomic E-state index is 10.3. The second-order valence-corrected chi connectivity index (χ2v) is 7.76. The standard InChI is InChI=1S/C15H26O3/c1-13(2)6-5-7-14(13,3)9-8-10(16)15(4,17)12-11(9)18-12/h9-12,16-17H,5-8H2,1-4H3/t9?,10-,11+,12+,14+,15-/m1/s1. The first-order valence-electron chi connectivity index (χ1n) is 7.26. The predicted octanol–water partition coefficient (Wildman–Crippen LogP) is 2.10. The summed E-state index contributed by atoms with van der Waals surface area (Å²) < 4.78 is 5.74. The molecule has 1 saturated heterocycles. The summed E-state index contributed by atoms with van der Waals surface area (Å²) in [5.41, 5.74) is -0.527. The van der Waals surface area contributed by atoms with Crippen molar-refractivity contribution >= 4 is 0 Å². The van der Waals surface area contributed by atoms with Gasteiger partial charge >= 0.3 is 0 Å². The van der Waals surface area contributed by atoms with Crippen LogP contribution in [-0.2, 0) is 4.74 Å². The highest BCUT2D eigenvalue weighted by atomic mass is 16.6. The quantitative estimate of drug-likeness (QED) is 0.705. The zero-order valence-corrected chi connectivity index (χ0v) is 11.9. The van der Waals surface area contributed by atoms with Gasteiger partial charge in [-0.1, -0.05) is 27.2 Å². The van der Waals surface area contributed by atoms with Crippen LogP contribution in [0.2, 0.25) is 0 Å². The van der Waals surface area contributed by atoms with Crippen LogP contribution in [0.3, 0.4) is 0 Å². The third-order valence-electron chi connectivity index (χ3n) is 6.51. The SMILES string of the molecule is CC1(C)CCC[C@@]1(C)C1C[C@@H](O)[C@@](C)(O)[C@H]2O[C@@H]12. The summed E-state index contributed by atoms with van der Waals surface area (Å²) in [4.78, 5) is 0. The average Bonchev–Trinajstić information content (AvgIpc) is 2.99. The van der Waals surface area contributed by atoms with Crippen LogP contribution in [0.15, 0.2) is 0 Å². The molecule has 3 aliphatic rings. The Balaban J connectivity index is 1.87. The minimum Gasteiger partial charge on any atom is -0.390 e. The van der Waals surface area contributed by atoms with E-state index in [1.54, 1.807) is 6.92 Å². The second-order valence-electron chi connectivity index (χ2n) is 7.76. The van der Waals surface area contributed by atoms with E-state index in [2.05, 4.69) is 20.8 Å². The minimum atomic E-state index is -1.06. The van der Waals surface area contributed by atoms with Crippen molar-refractivity contribution in [2.75, 3.05) is 0 Å². The summed E-state index contributed by atoms with van der Waals surface area (Å²) >= 11 is 0. The van der Waals surface area contributed by atoms with Gasteiger partial charge in [0, 0.05) is 0 Å². The smallest absolute Gasteiger partial charge is 0.116 e. The van der Waals surface area contributed by atoms with Crippen LogP contribution in [0.4, 0.5) is 0 Å². The first-order valence-corrected chi connectivity index (χ1v) is 7.26. The van der Waals surface area contributed by atoms with E-state index in [1.165, 1.54) is 19.3 Å². The van der Waals surface area contributed by atoms with Crippen LogP contribution in [0, 0.1) is 16.7 Å². The Morgan fingerprint density at radius 1 is 1.11 bits per heavy atom. The van der Waals surface area contributed by atoms with Crippen molar-refractivity contribution in [1.29, 1.82) is 0 Å². The molecule has 0 aromatic rings. The molecule has 0 radical (unpaired) electrons. The monoisotopic (exact) mass is 254 g/mol. The van der Waals surface area contributed by atoms with Gasteiger partial charge in [0.15, 0.2) is 0 Å². The molecule has 1 unspecified atom stereocenters. The molecule has 3 fully saturated rings. The van der Waals surface area contributed by atoms with Crippen LogP contribution in [-0.4, -0.2) is 34.1 Å². The van der Waals surface area contributed by atoms with Gasteiger partial charge < -0.3 is 14.9 Å². The molecule has 2 N–H and O–H groups in total. The normalized spacial score (nSPS) is 58.3. The highest BCUT2D eigenvalue weighted by molar-refractivity contribution is 5.15. The lowest BCUT2D eigenvalue weighted by Gasteiger charge is -2.48. The van der Waals surface area contributed by atoms with Gasteiger partial charge in [-0.3, -0.25) is 0 Å². The lowest BCUT2D eigenvalue weighted by molar-refractivity contribution is -0.109. The molecule has 3 nitrogen and oxygen atoms in total. The number of hydrogen-bond donors (Lipinski definition) is 2. The van der Waals surface area contributed by atoms with Crippen molar-refractivity contribution in [2.45, 2.75) is 77.3 Å². The molecule has 0 amide bonds. The molecule has 104 valence electrons. The lowest BCUT2D eigenvalue weighted by Crippen LogP contribution is -2.54. The molecule has 1 aliphatic heterocycles. The molecule has 3 heteroatoms. The van der Waals surface area contributed by atoms with E-state index in [0.717, 1.165) is 0 Å². The molecule has 1 heterocycles. The van der Waals surface area contributed by atoms with Crippen LogP contribution in [0.5, 0.6) is 0 Å². The third-order valence-corrected chi connectivity index (χ3v) is 6.51. The maximum atomic E-state index is 10.3. The van der Waals surface area contributed by atoms with Crippen molar-refractivity contribution in [3.63, 3.8) is 0 Å². The Bertz CT molecular complexity index is 359. The Morgan fingerprint density at radius 3 is 2.33 bits per heavy atom. The van der Waals surface area contributed by atoms with Crippen molar-refractivity contribution < 1.29 is 14.9 Å². The number of rotatable bonds is 1. The highest BCUT2D eigenvalue weighted by Gasteiger charge is 2.67. The number of fused-ring (bicyclic) bond motifs is 1. The topological polar surface area (TPSA) is 53.0 Å². The number of hydrogen-bond acceptors (Lipinski definition) is 3. The van der Waals surface area contributed by atoms with Crippen molar-refractivity contribution in [3.05, 3.63) is 0 Å². The molecule has 2 aliphatic carbocycles. The molecule has 0 aromatic carbocycles. The molecule has 0 spiro atoms. The maximum Gasteiger partial charge on any atom is 0.116 e.